The van der Waals surface area contributed by atoms with Gasteiger partial charge in [-0.2, -0.15) is 0 Å². The highest BCUT2D eigenvalue weighted by atomic mass is 32.1. The van der Waals surface area contributed by atoms with Gasteiger partial charge in [0.15, 0.2) is 0 Å². The molecule has 1 aliphatic rings. The number of fused-ring (bicyclic) bond motifs is 1. The second-order valence-electron chi connectivity index (χ2n) is 4.92. The molecule has 2 aromatic heterocycles. The summed E-state index contributed by atoms with van der Waals surface area (Å²) in [5, 5.41) is 7.85. The van der Waals surface area contributed by atoms with Gasteiger partial charge in [0.05, 0.1) is 17.9 Å². The lowest BCUT2D eigenvalue weighted by atomic mass is 10.1. The highest BCUT2D eigenvalue weighted by molar-refractivity contribution is 7.12. The van der Waals surface area contributed by atoms with E-state index in [1.165, 1.54) is 47.4 Å². The number of rotatable bonds is 2. The second kappa shape index (κ2) is 4.82. The molecule has 0 spiro atoms. The monoisotopic (exact) mass is 262 g/mol. The van der Waals surface area contributed by atoms with Crippen LogP contribution in [-0.4, -0.2) is 15.0 Å². The summed E-state index contributed by atoms with van der Waals surface area (Å²) in [7, 11) is 1.89. The molecule has 1 atom stereocenters. The lowest BCUT2D eigenvalue weighted by molar-refractivity contribution is 0.654. The van der Waals surface area contributed by atoms with E-state index in [1.807, 2.05) is 18.4 Å². The first kappa shape index (κ1) is 11.9. The third-order valence-corrected chi connectivity index (χ3v) is 4.96. The van der Waals surface area contributed by atoms with E-state index in [0.717, 1.165) is 5.69 Å². The normalized spacial score (nSPS) is 17.2. The molecule has 0 fully saturated rings. The molecule has 2 N–H and O–H groups in total. The summed E-state index contributed by atoms with van der Waals surface area (Å²) in [6.45, 7) is 0. The summed E-state index contributed by atoms with van der Waals surface area (Å²) in [6, 6.07) is 2.20. The van der Waals surface area contributed by atoms with Gasteiger partial charge in [-0.3, -0.25) is 4.68 Å². The smallest absolute Gasteiger partial charge is 0.0833 e. The molecule has 96 valence electrons. The molecule has 4 nitrogen and oxygen atoms in total. The van der Waals surface area contributed by atoms with Gasteiger partial charge in [-0.25, -0.2) is 0 Å². The van der Waals surface area contributed by atoms with E-state index in [-0.39, 0.29) is 6.04 Å². The molecule has 0 saturated heterocycles. The zero-order valence-electron chi connectivity index (χ0n) is 10.6. The minimum Gasteiger partial charge on any atom is -0.318 e. The van der Waals surface area contributed by atoms with Gasteiger partial charge in [0.25, 0.3) is 0 Å². The SMILES string of the molecule is Cn1nncc1C(N)c1cc2c(s1)CCCCC2. The molecule has 0 aliphatic heterocycles. The Kier molecular flexibility index (Phi) is 3.18. The molecule has 3 rings (SSSR count). The third-order valence-electron chi connectivity index (χ3n) is 3.64. The zero-order chi connectivity index (χ0) is 12.5. The fraction of sp³-hybridized carbons (Fsp3) is 0.538. The molecule has 2 aromatic rings. The van der Waals surface area contributed by atoms with Crippen molar-refractivity contribution >= 4 is 11.3 Å². The first-order chi connectivity index (χ1) is 8.75. The molecule has 0 aromatic carbocycles. The maximum Gasteiger partial charge on any atom is 0.0833 e. The molecule has 1 unspecified atom stereocenters. The summed E-state index contributed by atoms with van der Waals surface area (Å²) in [5.74, 6) is 0. The summed E-state index contributed by atoms with van der Waals surface area (Å²) >= 11 is 1.87. The summed E-state index contributed by atoms with van der Waals surface area (Å²) in [5.41, 5.74) is 8.81. The Labute approximate surface area is 111 Å². The Hall–Kier alpha value is -1.20. The van der Waals surface area contributed by atoms with Crippen LogP contribution >= 0.6 is 11.3 Å². The summed E-state index contributed by atoms with van der Waals surface area (Å²) < 4.78 is 1.76. The topological polar surface area (TPSA) is 56.7 Å². The standard InChI is InChI=1S/C13H18N4S/c1-17-10(8-15-16-17)13(14)12-7-9-5-3-2-4-6-11(9)18-12/h7-8,13H,2-6,14H2,1H3. The average molecular weight is 262 g/mol. The van der Waals surface area contributed by atoms with Crippen molar-refractivity contribution in [1.82, 2.24) is 15.0 Å². The summed E-state index contributed by atoms with van der Waals surface area (Å²) in [4.78, 5) is 2.78. The number of hydrogen-bond donors (Lipinski definition) is 1. The van der Waals surface area contributed by atoms with Crippen LogP contribution < -0.4 is 5.73 Å². The quantitative estimate of drug-likeness (QED) is 0.844. The van der Waals surface area contributed by atoms with Crippen molar-refractivity contribution in [3.05, 3.63) is 33.3 Å². The van der Waals surface area contributed by atoms with Crippen molar-refractivity contribution in [2.75, 3.05) is 0 Å². The van der Waals surface area contributed by atoms with E-state index in [0.29, 0.717) is 0 Å². The first-order valence-electron chi connectivity index (χ1n) is 6.47. The van der Waals surface area contributed by atoms with Crippen LogP contribution in [0.4, 0.5) is 0 Å². The average Bonchev–Trinajstić information content (AvgIpc) is 2.90. The highest BCUT2D eigenvalue weighted by Gasteiger charge is 2.19. The fourth-order valence-electron chi connectivity index (χ4n) is 2.57. The van der Waals surface area contributed by atoms with Crippen molar-refractivity contribution in [2.24, 2.45) is 12.8 Å². The van der Waals surface area contributed by atoms with E-state index in [1.54, 1.807) is 10.9 Å². The number of aryl methyl sites for hydroxylation is 3. The Bertz CT molecular complexity index is 519. The van der Waals surface area contributed by atoms with Crippen molar-refractivity contribution in [1.29, 1.82) is 0 Å². The number of aromatic nitrogens is 3. The van der Waals surface area contributed by atoms with Crippen LogP contribution in [0.25, 0.3) is 0 Å². The molecule has 0 saturated carbocycles. The second-order valence-corrected chi connectivity index (χ2v) is 6.09. The molecule has 18 heavy (non-hydrogen) atoms. The van der Waals surface area contributed by atoms with E-state index >= 15 is 0 Å². The van der Waals surface area contributed by atoms with E-state index in [4.69, 9.17) is 5.73 Å². The van der Waals surface area contributed by atoms with E-state index < -0.39 is 0 Å². The van der Waals surface area contributed by atoms with E-state index in [9.17, 15) is 0 Å². The van der Waals surface area contributed by atoms with Gasteiger partial charge in [-0.05, 0) is 37.3 Å². The van der Waals surface area contributed by atoms with Crippen LogP contribution in [0.15, 0.2) is 12.3 Å². The predicted octanol–water partition coefficient (Wildman–Crippen LogP) is 2.19. The Morgan fingerprint density at radius 1 is 1.33 bits per heavy atom. The van der Waals surface area contributed by atoms with Gasteiger partial charge >= 0.3 is 0 Å². The maximum atomic E-state index is 6.32. The van der Waals surface area contributed by atoms with E-state index in [2.05, 4.69) is 16.4 Å². The van der Waals surface area contributed by atoms with Crippen LogP contribution in [0.1, 0.15) is 46.3 Å². The van der Waals surface area contributed by atoms with Gasteiger partial charge in [-0.1, -0.05) is 11.6 Å². The van der Waals surface area contributed by atoms with Gasteiger partial charge in [-0.15, -0.1) is 16.4 Å². The molecule has 1 aliphatic carbocycles. The highest BCUT2D eigenvalue weighted by Crippen LogP contribution is 2.33. The largest absolute Gasteiger partial charge is 0.318 e. The molecule has 2 heterocycles. The van der Waals surface area contributed by atoms with Crippen molar-refractivity contribution in [3.63, 3.8) is 0 Å². The fourth-order valence-corrected chi connectivity index (χ4v) is 3.84. The van der Waals surface area contributed by atoms with Gasteiger partial charge in [0, 0.05) is 16.8 Å². The molecule has 5 heteroatoms. The molecular formula is C13H18N4S. The Balaban J connectivity index is 1.91. The maximum absolute atomic E-state index is 6.32. The minimum absolute atomic E-state index is 0.0954. The third kappa shape index (κ3) is 2.08. The number of hydrogen-bond acceptors (Lipinski definition) is 4. The molecular weight excluding hydrogens is 244 g/mol. The van der Waals surface area contributed by atoms with Crippen LogP contribution in [0.5, 0.6) is 0 Å². The Morgan fingerprint density at radius 3 is 2.94 bits per heavy atom. The number of thiophene rings is 1. The van der Waals surface area contributed by atoms with Crippen LogP contribution in [0.3, 0.4) is 0 Å². The van der Waals surface area contributed by atoms with Crippen LogP contribution in [-0.2, 0) is 19.9 Å². The van der Waals surface area contributed by atoms with Gasteiger partial charge in [0.2, 0.25) is 0 Å². The molecule has 0 radical (unpaired) electrons. The van der Waals surface area contributed by atoms with Gasteiger partial charge in [0.1, 0.15) is 0 Å². The lowest BCUT2D eigenvalue weighted by Crippen LogP contribution is -2.14. The number of nitrogens with two attached hydrogens (primary N) is 1. The Morgan fingerprint density at radius 2 is 2.17 bits per heavy atom. The zero-order valence-corrected chi connectivity index (χ0v) is 11.4. The minimum atomic E-state index is -0.0954. The molecule has 0 amide bonds. The first-order valence-corrected chi connectivity index (χ1v) is 7.29. The molecule has 0 bridgehead atoms. The van der Waals surface area contributed by atoms with Gasteiger partial charge < -0.3 is 5.73 Å². The van der Waals surface area contributed by atoms with Crippen LogP contribution in [0, 0.1) is 0 Å². The summed E-state index contributed by atoms with van der Waals surface area (Å²) in [6.07, 6.45) is 8.17. The lowest BCUT2D eigenvalue weighted by Gasteiger charge is -2.08. The van der Waals surface area contributed by atoms with Crippen LogP contribution in [0.2, 0.25) is 0 Å². The van der Waals surface area contributed by atoms with Crippen molar-refractivity contribution in [3.8, 4) is 0 Å². The van der Waals surface area contributed by atoms with Crippen molar-refractivity contribution in [2.45, 2.75) is 38.1 Å². The van der Waals surface area contributed by atoms with Crippen molar-refractivity contribution < 1.29 is 0 Å². The number of nitrogens with zero attached hydrogens (tertiary/aromatic N) is 3. The predicted molar refractivity (Wildman–Crippen MR) is 72.6 cm³/mol.